The number of aryl methyl sites for hydroxylation is 1. The molecule has 0 saturated heterocycles. The van der Waals surface area contributed by atoms with Crippen LogP contribution in [-0.2, 0) is 11.2 Å². The van der Waals surface area contributed by atoms with Gasteiger partial charge in [-0.05, 0) is 36.3 Å². The molecule has 0 aromatic heterocycles. The molecule has 1 aromatic rings. The van der Waals surface area contributed by atoms with E-state index in [0.717, 1.165) is 0 Å². The Balaban J connectivity index is 2.28. The second kappa shape index (κ2) is 4.82. The van der Waals surface area contributed by atoms with Crippen LogP contribution in [0.15, 0.2) is 24.3 Å². The number of ketones is 1. The van der Waals surface area contributed by atoms with Crippen molar-refractivity contribution in [1.29, 1.82) is 0 Å². The van der Waals surface area contributed by atoms with Gasteiger partial charge in [0.15, 0.2) is 0 Å². The summed E-state index contributed by atoms with van der Waals surface area (Å²) in [6, 6.07) is 8.62. The van der Waals surface area contributed by atoms with E-state index < -0.39 is 0 Å². The topological polar surface area (TPSA) is 17.1 Å². The van der Waals surface area contributed by atoms with Gasteiger partial charge in [-0.1, -0.05) is 38.1 Å². The fourth-order valence-corrected chi connectivity index (χ4v) is 2.86. The highest BCUT2D eigenvalue weighted by Gasteiger charge is 2.28. The number of Topliss-reactive ketones (excluding diaryl/α,β-unsaturated/α-hetero) is 1. The van der Waals surface area contributed by atoms with E-state index >= 15 is 0 Å². The number of carbonyl (C=O) groups excluding carboxylic acids is 1. The predicted octanol–water partition coefficient (Wildman–Crippen LogP) is 3.72. The Morgan fingerprint density at radius 3 is 2.94 bits per heavy atom. The van der Waals surface area contributed by atoms with E-state index in [4.69, 9.17) is 0 Å². The van der Waals surface area contributed by atoms with Crippen molar-refractivity contribution in [3.05, 3.63) is 35.4 Å². The number of fused-ring (bicyclic) bond motifs is 1. The second-order valence-electron chi connectivity index (χ2n) is 4.81. The summed E-state index contributed by atoms with van der Waals surface area (Å²) in [5.74, 6) is 1.05. The summed E-state index contributed by atoms with van der Waals surface area (Å²) in [5, 5.41) is 0. The first kappa shape index (κ1) is 11.4. The Kier molecular flexibility index (Phi) is 3.42. The van der Waals surface area contributed by atoms with E-state index in [-0.39, 0.29) is 5.92 Å². The largest absolute Gasteiger partial charge is 0.299 e. The van der Waals surface area contributed by atoms with Crippen molar-refractivity contribution >= 4 is 5.78 Å². The smallest absolute Gasteiger partial charge is 0.136 e. The molecule has 0 radical (unpaired) electrons. The van der Waals surface area contributed by atoms with Crippen LogP contribution >= 0.6 is 0 Å². The van der Waals surface area contributed by atoms with Crippen molar-refractivity contribution in [2.45, 2.75) is 45.4 Å². The summed E-state index contributed by atoms with van der Waals surface area (Å²) in [5.41, 5.74) is 2.87. The third kappa shape index (κ3) is 2.04. The van der Waals surface area contributed by atoms with Gasteiger partial charge in [-0.15, -0.1) is 0 Å². The zero-order chi connectivity index (χ0) is 11.5. The van der Waals surface area contributed by atoms with Gasteiger partial charge in [0, 0.05) is 12.3 Å². The Morgan fingerprint density at radius 2 is 2.19 bits per heavy atom. The lowest BCUT2D eigenvalue weighted by Gasteiger charge is -2.29. The van der Waals surface area contributed by atoms with E-state index in [1.807, 2.05) is 6.92 Å². The summed E-state index contributed by atoms with van der Waals surface area (Å²) in [4.78, 5) is 11.8. The first-order valence-corrected chi connectivity index (χ1v) is 6.34. The lowest BCUT2D eigenvalue weighted by molar-refractivity contribution is -0.122. The van der Waals surface area contributed by atoms with Crippen molar-refractivity contribution in [1.82, 2.24) is 0 Å². The van der Waals surface area contributed by atoms with Gasteiger partial charge < -0.3 is 0 Å². The molecule has 0 bridgehead atoms. The molecule has 0 aliphatic heterocycles. The van der Waals surface area contributed by atoms with Crippen molar-refractivity contribution in [3.63, 3.8) is 0 Å². The number of hydrogen-bond donors (Lipinski definition) is 0. The highest BCUT2D eigenvalue weighted by atomic mass is 16.1. The van der Waals surface area contributed by atoms with Crippen LogP contribution in [0.4, 0.5) is 0 Å². The molecule has 1 nitrogen and oxygen atoms in total. The first-order valence-electron chi connectivity index (χ1n) is 6.34. The molecular formula is C15H20O. The lowest BCUT2D eigenvalue weighted by atomic mass is 9.75. The van der Waals surface area contributed by atoms with E-state index in [1.54, 1.807) is 0 Å². The third-order valence-corrected chi connectivity index (χ3v) is 3.88. The maximum Gasteiger partial charge on any atom is 0.136 e. The quantitative estimate of drug-likeness (QED) is 0.752. The molecule has 86 valence electrons. The average Bonchev–Trinajstić information content (AvgIpc) is 2.36. The van der Waals surface area contributed by atoms with Gasteiger partial charge in [-0.25, -0.2) is 0 Å². The summed E-state index contributed by atoms with van der Waals surface area (Å²) in [6.07, 6.45) is 4.24. The van der Waals surface area contributed by atoms with Crippen molar-refractivity contribution in [2.24, 2.45) is 5.92 Å². The molecule has 0 heterocycles. The number of benzene rings is 1. The number of hydrogen-bond acceptors (Lipinski definition) is 1. The normalized spacial score (nSPS) is 21.2. The van der Waals surface area contributed by atoms with Crippen LogP contribution in [0.5, 0.6) is 0 Å². The Hall–Kier alpha value is -1.11. The van der Waals surface area contributed by atoms with Gasteiger partial charge >= 0.3 is 0 Å². The summed E-state index contributed by atoms with van der Waals surface area (Å²) in [6.45, 7) is 4.06. The van der Waals surface area contributed by atoms with Gasteiger partial charge in [0.1, 0.15) is 5.78 Å². The zero-order valence-electron chi connectivity index (χ0n) is 10.2. The fourth-order valence-electron chi connectivity index (χ4n) is 2.86. The van der Waals surface area contributed by atoms with E-state index in [0.29, 0.717) is 18.1 Å². The van der Waals surface area contributed by atoms with E-state index in [2.05, 4.69) is 31.2 Å². The molecule has 1 heteroatoms. The lowest BCUT2D eigenvalue weighted by Crippen LogP contribution is -2.22. The Labute approximate surface area is 97.9 Å². The maximum absolute atomic E-state index is 11.8. The second-order valence-corrected chi connectivity index (χ2v) is 4.81. The average molecular weight is 216 g/mol. The predicted molar refractivity (Wildman–Crippen MR) is 66.6 cm³/mol. The molecular weight excluding hydrogens is 196 g/mol. The molecule has 1 aliphatic carbocycles. The van der Waals surface area contributed by atoms with Crippen molar-refractivity contribution in [3.8, 4) is 0 Å². The van der Waals surface area contributed by atoms with Crippen LogP contribution < -0.4 is 0 Å². The van der Waals surface area contributed by atoms with E-state index in [9.17, 15) is 4.79 Å². The van der Waals surface area contributed by atoms with Gasteiger partial charge in [0.25, 0.3) is 0 Å². The van der Waals surface area contributed by atoms with Crippen molar-refractivity contribution < 1.29 is 4.79 Å². The van der Waals surface area contributed by atoms with Gasteiger partial charge in [0.05, 0.1) is 0 Å². The fraction of sp³-hybridized carbons (Fsp3) is 0.533. The molecule has 2 unspecified atom stereocenters. The number of carbonyl (C=O) groups is 1. The number of rotatable bonds is 3. The highest BCUT2D eigenvalue weighted by Crippen LogP contribution is 2.37. The molecule has 1 aromatic carbocycles. The molecule has 2 atom stereocenters. The summed E-state index contributed by atoms with van der Waals surface area (Å²) >= 11 is 0. The first-order chi connectivity index (χ1) is 7.74. The van der Waals surface area contributed by atoms with Gasteiger partial charge in [-0.3, -0.25) is 4.79 Å². The van der Waals surface area contributed by atoms with Crippen LogP contribution in [0.2, 0.25) is 0 Å². The van der Waals surface area contributed by atoms with Crippen molar-refractivity contribution in [2.75, 3.05) is 0 Å². The summed E-state index contributed by atoms with van der Waals surface area (Å²) < 4.78 is 0. The molecule has 0 saturated carbocycles. The molecule has 0 spiro atoms. The molecule has 0 N–H and O–H groups in total. The van der Waals surface area contributed by atoms with E-state index in [1.165, 1.54) is 30.4 Å². The van der Waals surface area contributed by atoms with Crippen LogP contribution in [0.3, 0.4) is 0 Å². The zero-order valence-corrected chi connectivity index (χ0v) is 10.2. The minimum Gasteiger partial charge on any atom is -0.299 e. The SMILES string of the molecule is CCC(=O)C(C)C1CCCc2ccccc21. The standard InChI is InChI=1S/C15H20O/c1-3-15(16)11(2)13-10-6-8-12-7-4-5-9-14(12)13/h4-5,7,9,11,13H,3,6,8,10H2,1-2H3. The van der Waals surface area contributed by atoms with Gasteiger partial charge in [-0.2, -0.15) is 0 Å². The molecule has 16 heavy (non-hydrogen) atoms. The van der Waals surface area contributed by atoms with Crippen LogP contribution in [-0.4, -0.2) is 5.78 Å². The highest BCUT2D eigenvalue weighted by molar-refractivity contribution is 5.81. The summed E-state index contributed by atoms with van der Waals surface area (Å²) in [7, 11) is 0. The minimum atomic E-state index is 0.187. The monoisotopic (exact) mass is 216 g/mol. The molecule has 0 amide bonds. The molecule has 0 fully saturated rings. The maximum atomic E-state index is 11.8. The van der Waals surface area contributed by atoms with Crippen LogP contribution in [0, 0.1) is 5.92 Å². The Bertz CT molecular complexity index is 381. The van der Waals surface area contributed by atoms with Gasteiger partial charge in [0.2, 0.25) is 0 Å². The molecule has 1 aliphatic rings. The Morgan fingerprint density at radius 1 is 1.44 bits per heavy atom. The van der Waals surface area contributed by atoms with Crippen LogP contribution in [0.1, 0.15) is 50.2 Å². The minimum absolute atomic E-state index is 0.187. The van der Waals surface area contributed by atoms with Crippen LogP contribution in [0.25, 0.3) is 0 Å². The molecule has 2 rings (SSSR count). The third-order valence-electron chi connectivity index (χ3n) is 3.88.